The molecule has 9 nitrogen and oxygen atoms in total. The summed E-state index contributed by atoms with van der Waals surface area (Å²) in [6.45, 7) is 2.15. The average molecular weight is 440 g/mol. The zero-order valence-electron chi connectivity index (χ0n) is 17.8. The number of hydrogen-bond acceptors (Lipinski definition) is 6. The maximum Gasteiger partial charge on any atom is 0.350 e. The average Bonchev–Trinajstić information content (AvgIpc) is 3.44. The molecule has 0 fully saturated rings. The van der Waals surface area contributed by atoms with Crippen LogP contribution in [0.15, 0.2) is 82.2 Å². The Bertz CT molecular complexity index is 1500. The Morgan fingerprint density at radius 3 is 2.73 bits per heavy atom. The highest BCUT2D eigenvalue weighted by Gasteiger charge is 2.18. The van der Waals surface area contributed by atoms with Crippen LogP contribution in [0.4, 0.5) is 0 Å². The van der Waals surface area contributed by atoms with Crippen molar-refractivity contribution in [1.82, 2.24) is 29.6 Å². The first-order chi connectivity index (χ1) is 16.1. The lowest BCUT2D eigenvalue weighted by Crippen LogP contribution is -2.32. The summed E-state index contributed by atoms with van der Waals surface area (Å²) >= 11 is 0. The Morgan fingerprint density at radius 2 is 1.91 bits per heavy atom. The Hall–Kier alpha value is -4.53. The zero-order chi connectivity index (χ0) is 22.8. The number of carbonyl (C=O) groups excluding carboxylic acids is 1. The lowest BCUT2D eigenvalue weighted by Gasteiger charge is -2.04. The van der Waals surface area contributed by atoms with Gasteiger partial charge in [-0.15, -0.1) is 5.10 Å². The Balaban J connectivity index is 1.41. The number of carbonyl (C=O) groups is 1. The lowest BCUT2D eigenvalue weighted by molar-refractivity contribution is -0.122. The standard InChI is InChI=1S/C24H20N6O3/c1-16-7-5-10-18(13-16)21-26-23(33-28-21)19-11-6-12-29-22(19)27-30(24(29)32)15-20(31)25-14-17-8-3-2-4-9-17/h2-13H,14-15H2,1H3,(H,25,31). The second kappa shape index (κ2) is 8.54. The zero-order valence-corrected chi connectivity index (χ0v) is 17.8. The molecule has 1 N–H and O–H groups in total. The minimum absolute atomic E-state index is 0.203. The molecule has 0 bridgehead atoms. The van der Waals surface area contributed by atoms with Gasteiger partial charge in [0.25, 0.3) is 5.89 Å². The molecule has 0 atom stereocenters. The van der Waals surface area contributed by atoms with E-state index in [1.54, 1.807) is 18.3 Å². The molecule has 0 spiro atoms. The van der Waals surface area contributed by atoms with Crippen molar-refractivity contribution in [1.29, 1.82) is 0 Å². The molecule has 3 heterocycles. The molecular weight excluding hydrogens is 420 g/mol. The highest BCUT2D eigenvalue weighted by atomic mass is 16.5. The molecule has 2 aromatic carbocycles. The van der Waals surface area contributed by atoms with Gasteiger partial charge in [0.1, 0.15) is 6.54 Å². The molecule has 5 aromatic rings. The van der Waals surface area contributed by atoms with E-state index < -0.39 is 5.69 Å². The van der Waals surface area contributed by atoms with Gasteiger partial charge in [-0.25, -0.2) is 13.9 Å². The molecule has 0 unspecified atom stereocenters. The summed E-state index contributed by atoms with van der Waals surface area (Å²) in [7, 11) is 0. The van der Waals surface area contributed by atoms with Crippen LogP contribution in [-0.2, 0) is 17.9 Å². The van der Waals surface area contributed by atoms with Crippen molar-refractivity contribution < 1.29 is 9.32 Å². The number of amides is 1. The summed E-state index contributed by atoms with van der Waals surface area (Å²) < 4.78 is 7.95. The first kappa shape index (κ1) is 20.4. The smallest absolute Gasteiger partial charge is 0.350 e. The molecule has 9 heteroatoms. The Morgan fingerprint density at radius 1 is 1.06 bits per heavy atom. The van der Waals surface area contributed by atoms with Crippen molar-refractivity contribution in [2.45, 2.75) is 20.0 Å². The Labute approximate surface area is 188 Å². The van der Waals surface area contributed by atoms with Gasteiger partial charge in [0, 0.05) is 18.3 Å². The summed E-state index contributed by atoms with van der Waals surface area (Å²) in [5, 5.41) is 11.2. The second-order valence-corrected chi connectivity index (χ2v) is 7.61. The monoisotopic (exact) mass is 440 g/mol. The maximum absolute atomic E-state index is 12.8. The molecule has 0 saturated carbocycles. The number of aromatic nitrogens is 5. The van der Waals surface area contributed by atoms with E-state index in [0.717, 1.165) is 21.4 Å². The number of hydrogen-bond donors (Lipinski definition) is 1. The van der Waals surface area contributed by atoms with Gasteiger partial charge in [0.15, 0.2) is 5.65 Å². The molecule has 0 aliphatic rings. The van der Waals surface area contributed by atoms with Crippen molar-refractivity contribution in [2.24, 2.45) is 0 Å². The minimum atomic E-state index is -0.430. The van der Waals surface area contributed by atoms with Crippen LogP contribution in [0.1, 0.15) is 11.1 Å². The first-order valence-corrected chi connectivity index (χ1v) is 10.4. The quantitative estimate of drug-likeness (QED) is 0.435. The van der Waals surface area contributed by atoms with Gasteiger partial charge in [0.2, 0.25) is 11.7 Å². The third-order valence-electron chi connectivity index (χ3n) is 5.17. The summed E-state index contributed by atoms with van der Waals surface area (Å²) in [5.74, 6) is 0.367. The van der Waals surface area contributed by atoms with Gasteiger partial charge < -0.3 is 9.84 Å². The molecule has 0 radical (unpaired) electrons. The predicted octanol–water partition coefficient (Wildman–Crippen LogP) is 2.84. The van der Waals surface area contributed by atoms with Crippen LogP contribution in [-0.4, -0.2) is 30.2 Å². The number of nitrogens with one attached hydrogen (secondary N) is 1. The first-order valence-electron chi connectivity index (χ1n) is 10.4. The molecule has 0 aliphatic carbocycles. The highest BCUT2D eigenvalue weighted by Crippen LogP contribution is 2.24. The van der Waals surface area contributed by atoms with Gasteiger partial charge >= 0.3 is 5.69 Å². The van der Waals surface area contributed by atoms with Crippen molar-refractivity contribution in [3.8, 4) is 22.8 Å². The van der Waals surface area contributed by atoms with Crippen LogP contribution in [0, 0.1) is 6.92 Å². The van der Waals surface area contributed by atoms with E-state index in [-0.39, 0.29) is 18.3 Å². The lowest BCUT2D eigenvalue weighted by atomic mass is 10.1. The maximum atomic E-state index is 12.8. The van der Waals surface area contributed by atoms with E-state index in [0.29, 0.717) is 23.6 Å². The number of nitrogens with zero attached hydrogens (tertiary/aromatic N) is 5. The van der Waals surface area contributed by atoms with Crippen molar-refractivity contribution in [3.63, 3.8) is 0 Å². The van der Waals surface area contributed by atoms with Crippen molar-refractivity contribution >= 4 is 11.6 Å². The number of benzene rings is 2. The number of aryl methyl sites for hydroxylation is 1. The SMILES string of the molecule is Cc1cccc(-c2noc(-c3cccn4c(=O)n(CC(=O)NCc5ccccc5)nc34)n2)c1. The van der Waals surface area contributed by atoms with Crippen LogP contribution in [0.25, 0.3) is 28.5 Å². The summed E-state index contributed by atoms with van der Waals surface area (Å²) in [5.41, 5.74) is 3.28. The second-order valence-electron chi connectivity index (χ2n) is 7.61. The van der Waals surface area contributed by atoms with E-state index in [9.17, 15) is 9.59 Å². The van der Waals surface area contributed by atoms with Gasteiger partial charge in [-0.3, -0.25) is 4.79 Å². The van der Waals surface area contributed by atoms with Crippen LogP contribution < -0.4 is 11.0 Å². The topological polar surface area (TPSA) is 107 Å². The summed E-state index contributed by atoms with van der Waals surface area (Å²) in [6, 6.07) is 20.8. The molecule has 0 aliphatic heterocycles. The highest BCUT2D eigenvalue weighted by molar-refractivity contribution is 5.76. The van der Waals surface area contributed by atoms with Gasteiger partial charge in [-0.05, 0) is 30.7 Å². The van der Waals surface area contributed by atoms with Crippen LogP contribution in [0.2, 0.25) is 0 Å². The van der Waals surface area contributed by atoms with Gasteiger partial charge in [0.05, 0.1) is 5.56 Å². The normalized spacial score (nSPS) is 11.1. The molecule has 5 rings (SSSR count). The van der Waals surface area contributed by atoms with E-state index in [1.807, 2.05) is 61.5 Å². The van der Waals surface area contributed by atoms with Gasteiger partial charge in [-0.2, -0.15) is 4.98 Å². The number of pyridine rings is 1. The van der Waals surface area contributed by atoms with Crippen LogP contribution >= 0.6 is 0 Å². The molecule has 3 aromatic heterocycles. The van der Waals surface area contributed by atoms with Crippen molar-refractivity contribution in [3.05, 3.63) is 94.5 Å². The third kappa shape index (κ3) is 4.16. The Kier molecular flexibility index (Phi) is 5.27. The molecule has 0 saturated heterocycles. The molecule has 33 heavy (non-hydrogen) atoms. The fourth-order valence-electron chi connectivity index (χ4n) is 3.53. The van der Waals surface area contributed by atoms with Crippen LogP contribution in [0.3, 0.4) is 0 Å². The summed E-state index contributed by atoms with van der Waals surface area (Å²) in [4.78, 5) is 29.7. The van der Waals surface area contributed by atoms with Crippen LogP contribution in [0.5, 0.6) is 0 Å². The van der Waals surface area contributed by atoms with E-state index >= 15 is 0 Å². The molecule has 1 amide bonds. The predicted molar refractivity (Wildman–Crippen MR) is 121 cm³/mol. The van der Waals surface area contributed by atoms with E-state index in [1.165, 1.54) is 4.40 Å². The van der Waals surface area contributed by atoms with Gasteiger partial charge in [-0.1, -0.05) is 59.3 Å². The van der Waals surface area contributed by atoms with Crippen molar-refractivity contribution in [2.75, 3.05) is 0 Å². The fourth-order valence-corrected chi connectivity index (χ4v) is 3.53. The third-order valence-corrected chi connectivity index (χ3v) is 5.17. The number of fused-ring (bicyclic) bond motifs is 1. The van der Waals surface area contributed by atoms with E-state index in [2.05, 4.69) is 20.6 Å². The number of rotatable bonds is 6. The molecular formula is C24H20N6O3. The summed E-state index contributed by atoms with van der Waals surface area (Å²) in [6.07, 6.45) is 1.59. The fraction of sp³-hybridized carbons (Fsp3) is 0.125. The largest absolute Gasteiger partial charge is 0.350 e. The van der Waals surface area contributed by atoms with E-state index in [4.69, 9.17) is 4.52 Å². The minimum Gasteiger partial charge on any atom is -0.350 e. The molecule has 164 valence electrons.